The molecule has 6 heteroatoms. The summed E-state index contributed by atoms with van der Waals surface area (Å²) in [5.74, 6) is 2.63. The number of pyridine rings is 1. The second kappa shape index (κ2) is 5.78. The molecule has 1 N–H and O–H groups in total. The van der Waals surface area contributed by atoms with Crippen molar-refractivity contribution in [1.29, 1.82) is 0 Å². The minimum atomic E-state index is 0.0366. The molecule has 6 nitrogen and oxygen atoms in total. The number of nitrogens with one attached hydrogen (secondary N) is 1. The number of hydrogen-bond acceptors (Lipinski definition) is 4. The molecule has 0 saturated carbocycles. The van der Waals surface area contributed by atoms with Crippen LogP contribution >= 0.6 is 0 Å². The first-order chi connectivity index (χ1) is 11.3. The Morgan fingerprint density at radius 1 is 1.35 bits per heavy atom. The van der Waals surface area contributed by atoms with Gasteiger partial charge in [0.1, 0.15) is 11.9 Å². The maximum atomic E-state index is 5.75. The average Bonchev–Trinajstić information content (AvgIpc) is 3.23. The lowest BCUT2D eigenvalue weighted by Gasteiger charge is -2.22. The van der Waals surface area contributed by atoms with Crippen LogP contribution in [0.3, 0.4) is 0 Å². The molecule has 1 aliphatic rings. The molecule has 1 fully saturated rings. The van der Waals surface area contributed by atoms with Gasteiger partial charge >= 0.3 is 0 Å². The van der Waals surface area contributed by atoms with Crippen LogP contribution in [0.5, 0.6) is 0 Å². The van der Waals surface area contributed by atoms with E-state index in [4.69, 9.17) is 11.2 Å². The van der Waals surface area contributed by atoms with E-state index in [0.29, 0.717) is 0 Å². The van der Waals surface area contributed by atoms with E-state index in [1.54, 1.807) is 12.4 Å². The molecule has 1 unspecified atom stereocenters. The molecule has 3 aromatic heterocycles. The lowest BCUT2D eigenvalue weighted by atomic mass is 10.2. The van der Waals surface area contributed by atoms with Crippen LogP contribution in [0.25, 0.3) is 5.65 Å². The van der Waals surface area contributed by atoms with Crippen LogP contribution in [0, 0.1) is 12.3 Å². The predicted molar refractivity (Wildman–Crippen MR) is 87.5 cm³/mol. The summed E-state index contributed by atoms with van der Waals surface area (Å²) in [7, 11) is 0. The molecule has 0 bridgehead atoms. The molecule has 0 aromatic carbocycles. The first-order valence-corrected chi connectivity index (χ1v) is 7.70. The van der Waals surface area contributed by atoms with Crippen molar-refractivity contribution >= 4 is 17.0 Å². The maximum Gasteiger partial charge on any atom is 0.161 e. The third kappa shape index (κ3) is 2.56. The molecule has 1 aliphatic heterocycles. The van der Waals surface area contributed by atoms with Gasteiger partial charge in [-0.3, -0.25) is 4.40 Å². The highest BCUT2D eigenvalue weighted by Gasteiger charge is 2.16. The van der Waals surface area contributed by atoms with Gasteiger partial charge in [-0.2, -0.15) is 5.10 Å². The van der Waals surface area contributed by atoms with Gasteiger partial charge in [-0.05, 0) is 31.4 Å². The second-order valence-corrected chi connectivity index (χ2v) is 5.56. The van der Waals surface area contributed by atoms with Crippen LogP contribution in [0.15, 0.2) is 36.9 Å². The van der Waals surface area contributed by atoms with Crippen molar-refractivity contribution in [1.82, 2.24) is 19.2 Å². The molecular weight excluding hydrogens is 290 g/mol. The highest BCUT2D eigenvalue weighted by Crippen LogP contribution is 2.25. The van der Waals surface area contributed by atoms with E-state index in [0.717, 1.165) is 42.2 Å². The summed E-state index contributed by atoms with van der Waals surface area (Å²) in [4.78, 5) is 4.39. The second-order valence-electron chi connectivity index (χ2n) is 5.56. The van der Waals surface area contributed by atoms with Crippen LogP contribution in [0.4, 0.5) is 11.4 Å². The van der Waals surface area contributed by atoms with Crippen LogP contribution in [-0.4, -0.2) is 25.8 Å². The van der Waals surface area contributed by atoms with E-state index in [2.05, 4.69) is 21.3 Å². The van der Waals surface area contributed by atoms with E-state index >= 15 is 0 Å². The van der Waals surface area contributed by atoms with Gasteiger partial charge in [0.25, 0.3) is 0 Å². The summed E-state index contributed by atoms with van der Waals surface area (Å²) in [6, 6.07) is 3.91. The number of aromatic nitrogens is 4. The topological polar surface area (TPSA) is 56.4 Å². The largest absolute Gasteiger partial charge is 0.357 e. The van der Waals surface area contributed by atoms with E-state index in [9.17, 15) is 0 Å². The first-order valence-electron chi connectivity index (χ1n) is 7.70. The van der Waals surface area contributed by atoms with Crippen molar-refractivity contribution < 1.29 is 4.74 Å². The Morgan fingerprint density at radius 2 is 2.30 bits per heavy atom. The molecule has 0 aliphatic carbocycles. The van der Waals surface area contributed by atoms with Crippen molar-refractivity contribution in [2.24, 2.45) is 0 Å². The van der Waals surface area contributed by atoms with Crippen molar-refractivity contribution in [2.75, 3.05) is 11.9 Å². The van der Waals surface area contributed by atoms with Gasteiger partial charge in [0.05, 0.1) is 30.0 Å². The molecule has 1 saturated heterocycles. The highest BCUT2D eigenvalue weighted by atomic mass is 16.5. The van der Waals surface area contributed by atoms with E-state index < -0.39 is 0 Å². The molecule has 0 spiro atoms. The first kappa shape index (κ1) is 13.9. The number of hydrogen-bond donors (Lipinski definition) is 1. The zero-order chi connectivity index (χ0) is 15.6. The summed E-state index contributed by atoms with van der Waals surface area (Å²) < 4.78 is 9.51. The van der Waals surface area contributed by atoms with E-state index in [-0.39, 0.29) is 6.23 Å². The molecule has 0 radical (unpaired) electrons. The van der Waals surface area contributed by atoms with Gasteiger partial charge in [-0.15, -0.1) is 6.42 Å². The highest BCUT2D eigenvalue weighted by molar-refractivity contribution is 5.74. The third-order valence-corrected chi connectivity index (χ3v) is 4.01. The summed E-state index contributed by atoms with van der Waals surface area (Å²) in [6.45, 7) is 0.801. The number of fused-ring (bicyclic) bond motifs is 1. The Bertz CT molecular complexity index is 867. The third-order valence-electron chi connectivity index (χ3n) is 4.01. The van der Waals surface area contributed by atoms with Crippen LogP contribution < -0.4 is 5.32 Å². The van der Waals surface area contributed by atoms with E-state index in [1.807, 2.05) is 33.6 Å². The lowest BCUT2D eigenvalue weighted by Crippen LogP contribution is -2.18. The maximum absolute atomic E-state index is 5.75. The normalized spacial score (nSPS) is 18.0. The van der Waals surface area contributed by atoms with Gasteiger partial charge < -0.3 is 10.1 Å². The van der Waals surface area contributed by atoms with Crippen molar-refractivity contribution in [3.63, 3.8) is 0 Å². The Labute approximate surface area is 134 Å². The minimum Gasteiger partial charge on any atom is -0.357 e. The molecule has 116 valence electrons. The van der Waals surface area contributed by atoms with Crippen molar-refractivity contribution in [3.8, 4) is 12.3 Å². The molecule has 0 amide bonds. The van der Waals surface area contributed by atoms with E-state index in [1.165, 1.54) is 6.42 Å². The monoisotopic (exact) mass is 307 g/mol. The number of imidazole rings is 1. The van der Waals surface area contributed by atoms with Gasteiger partial charge in [-0.25, -0.2) is 9.67 Å². The summed E-state index contributed by atoms with van der Waals surface area (Å²) in [6.07, 6.45) is 16.2. The Morgan fingerprint density at radius 3 is 3.13 bits per heavy atom. The van der Waals surface area contributed by atoms with Crippen LogP contribution in [0.2, 0.25) is 0 Å². The summed E-state index contributed by atoms with van der Waals surface area (Å²) in [5, 5.41) is 7.76. The number of rotatable bonds is 3. The minimum absolute atomic E-state index is 0.0366. The van der Waals surface area contributed by atoms with Crippen molar-refractivity contribution in [3.05, 3.63) is 42.6 Å². The van der Waals surface area contributed by atoms with Gasteiger partial charge in [-0.1, -0.05) is 5.92 Å². The molecule has 4 rings (SSSR count). The molecule has 3 aromatic rings. The van der Waals surface area contributed by atoms with Crippen molar-refractivity contribution in [2.45, 2.75) is 25.5 Å². The number of nitrogens with zero attached hydrogens (tertiary/aromatic N) is 4. The fourth-order valence-corrected chi connectivity index (χ4v) is 2.86. The van der Waals surface area contributed by atoms with Gasteiger partial charge in [0, 0.05) is 12.8 Å². The molecule has 4 heterocycles. The fourth-order valence-electron chi connectivity index (χ4n) is 2.86. The SMILES string of the molecule is C#Cc1cnc2c(Nc3cnn(C4CCCCO4)c3)cccn12. The number of anilines is 2. The zero-order valence-electron chi connectivity index (χ0n) is 12.6. The smallest absolute Gasteiger partial charge is 0.161 e. The Hall–Kier alpha value is -2.78. The Kier molecular flexibility index (Phi) is 3.48. The number of ether oxygens (including phenoxy) is 1. The predicted octanol–water partition coefficient (Wildman–Crippen LogP) is 2.95. The van der Waals surface area contributed by atoms with Crippen LogP contribution in [-0.2, 0) is 4.74 Å². The fraction of sp³-hybridized carbons (Fsp3) is 0.294. The lowest BCUT2D eigenvalue weighted by molar-refractivity contribution is -0.0394. The Balaban J connectivity index is 1.60. The molecule has 1 atom stereocenters. The summed E-state index contributed by atoms with van der Waals surface area (Å²) >= 11 is 0. The average molecular weight is 307 g/mol. The van der Waals surface area contributed by atoms with Crippen LogP contribution in [0.1, 0.15) is 31.2 Å². The zero-order valence-corrected chi connectivity index (χ0v) is 12.6. The molecular formula is C17H17N5O. The van der Waals surface area contributed by atoms with Gasteiger partial charge in [0.2, 0.25) is 0 Å². The standard InChI is InChI=1S/C17H17N5O/c1-2-14-11-18-17-15(6-5-8-21(14)17)20-13-10-19-22(12-13)16-7-3-4-9-23-16/h1,5-6,8,10-12,16,20H,3-4,7,9H2. The molecule has 23 heavy (non-hydrogen) atoms. The van der Waals surface area contributed by atoms with Gasteiger partial charge in [0.15, 0.2) is 5.65 Å². The quantitative estimate of drug-likeness (QED) is 0.756. The number of terminal acetylenes is 1. The summed E-state index contributed by atoms with van der Waals surface area (Å²) in [5.41, 5.74) is 3.31.